The van der Waals surface area contributed by atoms with Gasteiger partial charge < -0.3 is 10.1 Å². The van der Waals surface area contributed by atoms with Gasteiger partial charge in [0.1, 0.15) is 6.61 Å². The molecule has 140 valence electrons. The molecule has 2 aromatic rings. The maximum absolute atomic E-state index is 12.5. The molecule has 26 heavy (non-hydrogen) atoms. The van der Waals surface area contributed by atoms with Crippen LogP contribution >= 0.6 is 11.5 Å². The van der Waals surface area contributed by atoms with Crippen molar-refractivity contribution in [1.29, 1.82) is 0 Å². The number of hydrogen-bond donors (Lipinski definition) is 1. The van der Waals surface area contributed by atoms with Gasteiger partial charge in [-0.1, -0.05) is 0 Å². The third kappa shape index (κ3) is 3.81. The highest BCUT2D eigenvalue weighted by atomic mass is 32.1. The Kier molecular flexibility index (Phi) is 5.31. The van der Waals surface area contributed by atoms with Crippen LogP contribution in [0.25, 0.3) is 0 Å². The molecule has 0 bridgehead atoms. The molecule has 8 heteroatoms. The fourth-order valence-electron chi connectivity index (χ4n) is 3.98. The number of aryl methyl sites for hydroxylation is 2. The third-order valence-corrected chi connectivity index (χ3v) is 6.03. The van der Waals surface area contributed by atoms with Crippen molar-refractivity contribution in [3.05, 3.63) is 33.5 Å². The highest BCUT2D eigenvalue weighted by Crippen LogP contribution is 2.30. The molecule has 0 saturated heterocycles. The highest BCUT2D eigenvalue weighted by molar-refractivity contribution is 7.09. The lowest BCUT2D eigenvalue weighted by Gasteiger charge is -2.30. The topological polar surface area (TPSA) is 81.9 Å². The van der Waals surface area contributed by atoms with E-state index in [4.69, 9.17) is 9.84 Å². The predicted molar refractivity (Wildman–Crippen MR) is 101 cm³/mol. The lowest BCUT2D eigenvalue weighted by atomic mass is 9.91. The van der Waals surface area contributed by atoms with Crippen LogP contribution in [-0.2, 0) is 24.2 Å². The van der Waals surface area contributed by atoms with Crippen molar-refractivity contribution in [2.75, 3.05) is 12.4 Å². The van der Waals surface area contributed by atoms with Crippen molar-refractivity contribution >= 4 is 16.7 Å². The SMILES string of the molecule is COCc1nsc(NC2CCC(n3nc4c(cc3=O)CCCC4)CC2)n1. The van der Waals surface area contributed by atoms with Gasteiger partial charge >= 0.3 is 0 Å². The number of ether oxygens (including phenoxy) is 1. The summed E-state index contributed by atoms with van der Waals surface area (Å²) in [7, 11) is 1.64. The molecule has 0 aliphatic heterocycles. The summed E-state index contributed by atoms with van der Waals surface area (Å²) in [6.07, 6.45) is 8.31. The summed E-state index contributed by atoms with van der Waals surface area (Å²) in [6.45, 7) is 0.442. The van der Waals surface area contributed by atoms with E-state index in [1.165, 1.54) is 24.4 Å². The predicted octanol–water partition coefficient (Wildman–Crippen LogP) is 2.72. The average Bonchev–Trinajstić information content (AvgIpc) is 3.09. The smallest absolute Gasteiger partial charge is 0.267 e. The summed E-state index contributed by atoms with van der Waals surface area (Å²) in [5.74, 6) is 0.721. The summed E-state index contributed by atoms with van der Waals surface area (Å²) in [5, 5.41) is 9.05. The second kappa shape index (κ2) is 7.84. The van der Waals surface area contributed by atoms with Crippen LogP contribution in [0.15, 0.2) is 10.9 Å². The van der Waals surface area contributed by atoms with E-state index in [2.05, 4.69) is 14.7 Å². The minimum absolute atomic E-state index is 0.0652. The Balaban J connectivity index is 1.38. The Hall–Kier alpha value is -1.80. The van der Waals surface area contributed by atoms with Gasteiger partial charge in [-0.05, 0) is 56.9 Å². The normalized spacial score (nSPS) is 22.8. The van der Waals surface area contributed by atoms with E-state index in [1.54, 1.807) is 11.8 Å². The van der Waals surface area contributed by atoms with E-state index in [-0.39, 0.29) is 11.6 Å². The first-order valence-electron chi connectivity index (χ1n) is 9.42. The van der Waals surface area contributed by atoms with Gasteiger partial charge in [0.05, 0.1) is 11.7 Å². The molecule has 2 aliphatic rings. The van der Waals surface area contributed by atoms with Gasteiger partial charge in [-0.3, -0.25) is 4.79 Å². The van der Waals surface area contributed by atoms with Gasteiger partial charge in [-0.25, -0.2) is 9.67 Å². The van der Waals surface area contributed by atoms with Crippen LogP contribution < -0.4 is 10.9 Å². The summed E-state index contributed by atoms with van der Waals surface area (Å²) in [5.41, 5.74) is 2.36. The standard InChI is InChI=1S/C18H25N5O2S/c1-25-11-16-20-18(26-22-16)19-13-6-8-14(9-7-13)23-17(24)10-12-4-2-3-5-15(12)21-23/h10,13-14H,2-9,11H2,1H3,(H,19,20,22). The molecule has 0 aromatic carbocycles. The van der Waals surface area contributed by atoms with Gasteiger partial charge in [-0.15, -0.1) is 0 Å². The number of nitrogens with one attached hydrogen (secondary N) is 1. The molecule has 1 N–H and O–H groups in total. The van der Waals surface area contributed by atoms with Gasteiger partial charge in [0.15, 0.2) is 5.82 Å². The van der Waals surface area contributed by atoms with E-state index in [9.17, 15) is 4.79 Å². The molecule has 7 nitrogen and oxygen atoms in total. The molecule has 0 unspecified atom stereocenters. The third-order valence-electron chi connectivity index (χ3n) is 5.34. The number of methoxy groups -OCH3 is 1. The van der Waals surface area contributed by atoms with Crippen molar-refractivity contribution in [2.45, 2.75) is 70.1 Å². The molecular weight excluding hydrogens is 350 g/mol. The average molecular weight is 375 g/mol. The molecule has 4 rings (SSSR count). The fourth-order valence-corrected chi connectivity index (χ4v) is 4.63. The van der Waals surface area contributed by atoms with E-state index < -0.39 is 0 Å². The second-order valence-corrected chi connectivity index (χ2v) is 7.96. The largest absolute Gasteiger partial charge is 0.377 e. The van der Waals surface area contributed by atoms with Crippen LogP contribution in [0.2, 0.25) is 0 Å². The number of anilines is 1. The molecule has 2 aromatic heterocycles. The molecule has 1 fully saturated rings. The number of nitrogens with zero attached hydrogens (tertiary/aromatic N) is 4. The first-order chi connectivity index (χ1) is 12.7. The van der Waals surface area contributed by atoms with E-state index in [1.807, 2.05) is 6.07 Å². The van der Waals surface area contributed by atoms with Crippen molar-refractivity contribution in [3.8, 4) is 0 Å². The number of fused-ring (bicyclic) bond motifs is 1. The Morgan fingerprint density at radius 3 is 2.88 bits per heavy atom. The van der Waals surface area contributed by atoms with Crippen molar-refractivity contribution < 1.29 is 4.74 Å². The summed E-state index contributed by atoms with van der Waals surface area (Å²) in [6, 6.07) is 2.42. The molecule has 2 aliphatic carbocycles. The molecule has 0 radical (unpaired) electrons. The zero-order chi connectivity index (χ0) is 17.9. The Morgan fingerprint density at radius 2 is 2.08 bits per heavy atom. The fraction of sp³-hybridized carbons (Fsp3) is 0.667. The summed E-state index contributed by atoms with van der Waals surface area (Å²) < 4.78 is 11.1. The van der Waals surface area contributed by atoms with Crippen LogP contribution in [0.4, 0.5) is 5.13 Å². The van der Waals surface area contributed by atoms with Gasteiger partial charge in [0.25, 0.3) is 5.56 Å². The maximum atomic E-state index is 12.5. The number of aromatic nitrogens is 4. The molecular formula is C18H25N5O2S. The highest BCUT2D eigenvalue weighted by Gasteiger charge is 2.25. The minimum Gasteiger partial charge on any atom is -0.377 e. The van der Waals surface area contributed by atoms with Gasteiger partial charge in [0, 0.05) is 30.8 Å². The molecule has 2 heterocycles. The van der Waals surface area contributed by atoms with Gasteiger partial charge in [0.2, 0.25) is 5.13 Å². The molecule has 0 atom stereocenters. The first kappa shape index (κ1) is 17.6. The monoisotopic (exact) mass is 375 g/mol. The molecule has 1 saturated carbocycles. The van der Waals surface area contributed by atoms with E-state index in [0.717, 1.165) is 60.7 Å². The van der Waals surface area contributed by atoms with E-state index in [0.29, 0.717) is 12.6 Å². The first-order valence-corrected chi connectivity index (χ1v) is 10.2. The summed E-state index contributed by atoms with van der Waals surface area (Å²) in [4.78, 5) is 16.9. The molecule has 0 spiro atoms. The van der Waals surface area contributed by atoms with Crippen LogP contribution in [-0.4, -0.2) is 32.3 Å². The minimum atomic E-state index is 0.0652. The van der Waals surface area contributed by atoms with Crippen molar-refractivity contribution in [2.24, 2.45) is 0 Å². The van der Waals surface area contributed by atoms with Crippen molar-refractivity contribution in [3.63, 3.8) is 0 Å². The zero-order valence-electron chi connectivity index (χ0n) is 15.1. The zero-order valence-corrected chi connectivity index (χ0v) is 15.9. The van der Waals surface area contributed by atoms with Crippen LogP contribution in [0.1, 0.15) is 61.6 Å². The van der Waals surface area contributed by atoms with Crippen LogP contribution in [0.5, 0.6) is 0 Å². The Morgan fingerprint density at radius 1 is 1.27 bits per heavy atom. The number of rotatable bonds is 5. The van der Waals surface area contributed by atoms with E-state index >= 15 is 0 Å². The maximum Gasteiger partial charge on any atom is 0.267 e. The lowest BCUT2D eigenvalue weighted by Crippen LogP contribution is -2.34. The Bertz CT molecular complexity index is 810. The Labute approximate surface area is 157 Å². The second-order valence-electron chi connectivity index (χ2n) is 7.20. The lowest BCUT2D eigenvalue weighted by molar-refractivity contribution is 0.179. The quantitative estimate of drug-likeness (QED) is 0.865. The van der Waals surface area contributed by atoms with Crippen molar-refractivity contribution in [1.82, 2.24) is 19.1 Å². The number of hydrogen-bond acceptors (Lipinski definition) is 7. The summed E-state index contributed by atoms with van der Waals surface area (Å²) >= 11 is 1.38. The van der Waals surface area contributed by atoms with Gasteiger partial charge in [-0.2, -0.15) is 9.47 Å². The molecule has 0 amide bonds. The van der Waals surface area contributed by atoms with Crippen LogP contribution in [0.3, 0.4) is 0 Å². The van der Waals surface area contributed by atoms with Crippen LogP contribution in [0, 0.1) is 0 Å².